The Morgan fingerprint density at radius 1 is 1.29 bits per heavy atom. The third kappa shape index (κ3) is 5.61. The molecule has 6 nitrogen and oxygen atoms in total. The summed E-state index contributed by atoms with van der Waals surface area (Å²) in [7, 11) is 6.87. The standard InChI is InChI=1S/C15H24N2O4/c1-17(2)7-8-21-13-6-5-11(10-14(13)19-3)9-12(16)15(18)20-4/h5-6,10,12H,7-9,16H2,1-4H3. The number of benzene rings is 1. The second-order valence-electron chi connectivity index (χ2n) is 4.97. The molecule has 118 valence electrons. The zero-order valence-electron chi connectivity index (χ0n) is 13.1. The van der Waals surface area contributed by atoms with Gasteiger partial charge in [0.25, 0.3) is 0 Å². The van der Waals surface area contributed by atoms with E-state index in [4.69, 9.17) is 15.2 Å². The number of nitrogens with zero attached hydrogens (tertiary/aromatic N) is 1. The van der Waals surface area contributed by atoms with Gasteiger partial charge in [-0.05, 0) is 38.2 Å². The number of carbonyl (C=O) groups excluding carboxylic acids is 1. The molecule has 1 atom stereocenters. The Hall–Kier alpha value is -1.79. The van der Waals surface area contributed by atoms with Crippen molar-refractivity contribution in [2.24, 2.45) is 5.73 Å². The summed E-state index contributed by atoms with van der Waals surface area (Å²) in [4.78, 5) is 13.4. The first-order chi connectivity index (χ1) is 9.97. The average Bonchev–Trinajstić information content (AvgIpc) is 2.47. The van der Waals surface area contributed by atoms with Crippen molar-refractivity contribution >= 4 is 5.97 Å². The van der Waals surface area contributed by atoms with Crippen molar-refractivity contribution in [1.29, 1.82) is 0 Å². The molecule has 0 heterocycles. The smallest absolute Gasteiger partial charge is 0.322 e. The Morgan fingerprint density at radius 2 is 2.00 bits per heavy atom. The van der Waals surface area contributed by atoms with Crippen LogP contribution < -0.4 is 15.2 Å². The second-order valence-corrected chi connectivity index (χ2v) is 4.97. The molecule has 0 saturated heterocycles. The molecule has 0 radical (unpaired) electrons. The molecule has 1 rings (SSSR count). The molecule has 0 spiro atoms. The number of esters is 1. The summed E-state index contributed by atoms with van der Waals surface area (Å²) < 4.78 is 15.6. The van der Waals surface area contributed by atoms with E-state index < -0.39 is 12.0 Å². The predicted octanol–water partition coefficient (Wildman–Crippen LogP) is 0.678. The fourth-order valence-electron chi connectivity index (χ4n) is 1.79. The van der Waals surface area contributed by atoms with E-state index in [-0.39, 0.29) is 0 Å². The van der Waals surface area contributed by atoms with E-state index in [2.05, 4.69) is 4.74 Å². The van der Waals surface area contributed by atoms with Crippen molar-refractivity contribution in [2.75, 3.05) is 41.5 Å². The molecular formula is C15H24N2O4. The van der Waals surface area contributed by atoms with Crippen LogP contribution in [0.4, 0.5) is 0 Å². The average molecular weight is 296 g/mol. The van der Waals surface area contributed by atoms with Crippen molar-refractivity contribution in [3.8, 4) is 11.5 Å². The van der Waals surface area contributed by atoms with Crippen molar-refractivity contribution < 1.29 is 19.0 Å². The highest BCUT2D eigenvalue weighted by Crippen LogP contribution is 2.28. The molecule has 6 heteroatoms. The maximum atomic E-state index is 11.3. The second kappa shape index (κ2) is 8.49. The van der Waals surface area contributed by atoms with Gasteiger partial charge < -0.3 is 24.8 Å². The first-order valence-corrected chi connectivity index (χ1v) is 6.75. The van der Waals surface area contributed by atoms with Crippen LogP contribution >= 0.6 is 0 Å². The van der Waals surface area contributed by atoms with Gasteiger partial charge in [-0.2, -0.15) is 0 Å². The Bertz CT molecular complexity index is 463. The topological polar surface area (TPSA) is 74.0 Å². The van der Waals surface area contributed by atoms with E-state index in [9.17, 15) is 4.79 Å². The van der Waals surface area contributed by atoms with Gasteiger partial charge >= 0.3 is 5.97 Å². The third-order valence-corrected chi connectivity index (χ3v) is 2.98. The molecule has 0 aromatic heterocycles. The van der Waals surface area contributed by atoms with Crippen LogP contribution in [-0.4, -0.2) is 58.4 Å². The molecule has 0 fully saturated rings. The Labute approximate surface area is 125 Å². The third-order valence-electron chi connectivity index (χ3n) is 2.98. The molecule has 1 aromatic rings. The zero-order valence-corrected chi connectivity index (χ0v) is 13.1. The van der Waals surface area contributed by atoms with Gasteiger partial charge in [0, 0.05) is 6.54 Å². The quantitative estimate of drug-likeness (QED) is 0.711. The number of hydrogen-bond acceptors (Lipinski definition) is 6. The molecule has 0 aliphatic heterocycles. The molecule has 1 unspecified atom stereocenters. The number of ether oxygens (including phenoxy) is 3. The Kier molecular flexibility index (Phi) is 6.98. The molecule has 1 aromatic carbocycles. The SMILES string of the molecule is COC(=O)C(N)Cc1ccc(OCCN(C)C)c(OC)c1. The predicted molar refractivity (Wildman–Crippen MR) is 80.7 cm³/mol. The van der Waals surface area contributed by atoms with Crippen LogP contribution in [-0.2, 0) is 16.0 Å². The summed E-state index contributed by atoms with van der Waals surface area (Å²) in [5.74, 6) is 0.873. The van der Waals surface area contributed by atoms with Crippen LogP contribution in [0, 0.1) is 0 Å². The fraction of sp³-hybridized carbons (Fsp3) is 0.533. The molecular weight excluding hydrogens is 272 g/mol. The van der Waals surface area contributed by atoms with E-state index in [0.717, 1.165) is 12.1 Å². The number of rotatable bonds is 8. The molecule has 0 aliphatic carbocycles. The van der Waals surface area contributed by atoms with Gasteiger partial charge in [-0.3, -0.25) is 4.79 Å². The lowest BCUT2D eigenvalue weighted by molar-refractivity contribution is -0.142. The minimum Gasteiger partial charge on any atom is -0.493 e. The van der Waals surface area contributed by atoms with Gasteiger partial charge in [-0.15, -0.1) is 0 Å². The summed E-state index contributed by atoms with van der Waals surface area (Å²) in [6.45, 7) is 1.39. The van der Waals surface area contributed by atoms with Gasteiger partial charge in [-0.25, -0.2) is 0 Å². The van der Waals surface area contributed by atoms with Gasteiger partial charge in [0.05, 0.1) is 14.2 Å². The molecule has 21 heavy (non-hydrogen) atoms. The Morgan fingerprint density at radius 3 is 2.57 bits per heavy atom. The van der Waals surface area contributed by atoms with Crippen molar-refractivity contribution in [3.63, 3.8) is 0 Å². The lowest BCUT2D eigenvalue weighted by Gasteiger charge is -2.15. The Balaban J connectivity index is 2.71. The van der Waals surface area contributed by atoms with Gasteiger partial charge in [-0.1, -0.05) is 6.07 Å². The van der Waals surface area contributed by atoms with Gasteiger partial charge in [0.2, 0.25) is 0 Å². The highest BCUT2D eigenvalue weighted by molar-refractivity contribution is 5.75. The summed E-state index contributed by atoms with van der Waals surface area (Å²) in [6.07, 6.45) is 0.390. The van der Waals surface area contributed by atoms with Crippen LogP contribution in [0.25, 0.3) is 0 Å². The first kappa shape index (κ1) is 17.3. The van der Waals surface area contributed by atoms with E-state index in [0.29, 0.717) is 24.5 Å². The summed E-state index contributed by atoms with van der Waals surface area (Å²) in [6, 6.07) is 4.85. The van der Waals surface area contributed by atoms with Crippen LogP contribution in [0.2, 0.25) is 0 Å². The molecule has 0 aliphatic rings. The minimum absolute atomic E-state index is 0.390. The monoisotopic (exact) mass is 296 g/mol. The summed E-state index contributed by atoms with van der Waals surface area (Å²) >= 11 is 0. The lowest BCUT2D eigenvalue weighted by atomic mass is 10.1. The minimum atomic E-state index is -0.680. The van der Waals surface area contributed by atoms with Crippen LogP contribution in [0.5, 0.6) is 11.5 Å². The van der Waals surface area contributed by atoms with Gasteiger partial charge in [0.1, 0.15) is 12.6 Å². The number of nitrogens with two attached hydrogens (primary N) is 1. The van der Waals surface area contributed by atoms with E-state index in [1.165, 1.54) is 7.11 Å². The molecule has 0 saturated carbocycles. The van der Waals surface area contributed by atoms with Crippen LogP contribution in [0.15, 0.2) is 18.2 Å². The van der Waals surface area contributed by atoms with Crippen molar-refractivity contribution in [1.82, 2.24) is 4.90 Å². The molecule has 0 bridgehead atoms. The van der Waals surface area contributed by atoms with Gasteiger partial charge in [0.15, 0.2) is 11.5 Å². The largest absolute Gasteiger partial charge is 0.493 e. The summed E-state index contributed by atoms with van der Waals surface area (Å²) in [5, 5.41) is 0. The normalized spacial score (nSPS) is 12.1. The van der Waals surface area contributed by atoms with Crippen molar-refractivity contribution in [3.05, 3.63) is 23.8 Å². The maximum Gasteiger partial charge on any atom is 0.322 e. The van der Waals surface area contributed by atoms with Crippen LogP contribution in [0.1, 0.15) is 5.56 Å². The van der Waals surface area contributed by atoms with E-state index in [1.54, 1.807) is 7.11 Å². The molecule has 2 N–H and O–H groups in total. The van der Waals surface area contributed by atoms with E-state index >= 15 is 0 Å². The molecule has 0 amide bonds. The highest BCUT2D eigenvalue weighted by Gasteiger charge is 2.15. The highest BCUT2D eigenvalue weighted by atomic mass is 16.5. The van der Waals surface area contributed by atoms with E-state index in [1.807, 2.05) is 37.2 Å². The van der Waals surface area contributed by atoms with Crippen molar-refractivity contribution in [2.45, 2.75) is 12.5 Å². The number of methoxy groups -OCH3 is 2. The van der Waals surface area contributed by atoms with Crippen LogP contribution in [0.3, 0.4) is 0 Å². The number of carbonyl (C=O) groups is 1. The fourth-order valence-corrected chi connectivity index (χ4v) is 1.79. The summed E-state index contributed by atoms with van der Waals surface area (Å²) in [5.41, 5.74) is 6.64. The number of likely N-dealkylation sites (N-methyl/N-ethyl adjacent to an activating group) is 1. The number of hydrogen-bond donors (Lipinski definition) is 1. The zero-order chi connectivity index (χ0) is 15.8. The maximum absolute atomic E-state index is 11.3. The lowest BCUT2D eigenvalue weighted by Crippen LogP contribution is -2.33. The first-order valence-electron chi connectivity index (χ1n) is 6.75.